The smallest absolute Gasteiger partial charge is 0.191 e. The molecule has 0 aliphatic rings. The molecule has 0 saturated carbocycles. The molecule has 2 aromatic rings. The zero-order valence-electron chi connectivity index (χ0n) is 15.0. The maximum atomic E-state index is 6.09. The van der Waals surface area contributed by atoms with Gasteiger partial charge >= 0.3 is 0 Å². The highest BCUT2D eigenvalue weighted by Gasteiger charge is 2.08. The van der Waals surface area contributed by atoms with Gasteiger partial charge in [-0.25, -0.2) is 9.98 Å². The fourth-order valence-electron chi connectivity index (χ4n) is 2.50. The number of rotatable bonds is 8. The fraction of sp³-hybridized carbons (Fsp3) is 0.529. The van der Waals surface area contributed by atoms with Crippen molar-refractivity contribution in [2.45, 2.75) is 39.8 Å². The van der Waals surface area contributed by atoms with Crippen molar-refractivity contribution in [3.63, 3.8) is 0 Å². The Hall–Kier alpha value is -1.66. The summed E-state index contributed by atoms with van der Waals surface area (Å²) < 4.78 is 4.02. The molecule has 0 bridgehead atoms. The number of halogens is 2. The largest absolute Gasteiger partial charge is 0.357 e. The van der Waals surface area contributed by atoms with Crippen LogP contribution in [0.5, 0.6) is 0 Å². The Labute approximate surface area is 159 Å². The standard InChI is InChI=1S/C17H26Cl2N6/c1-4-20-17(23-12-14-11-15(18)16(19)24(14)3)22-7-5-6-9-25-10-8-21-13(25)2/h8,10-11H,4-7,9,12H2,1-3H3,(H2,20,22,23). The number of aryl methyl sites for hydroxylation is 2. The molecule has 2 rings (SSSR count). The highest BCUT2D eigenvalue weighted by atomic mass is 35.5. The quantitative estimate of drug-likeness (QED) is 0.416. The first-order valence-corrected chi connectivity index (χ1v) is 9.28. The summed E-state index contributed by atoms with van der Waals surface area (Å²) in [7, 11) is 1.89. The van der Waals surface area contributed by atoms with E-state index >= 15 is 0 Å². The van der Waals surface area contributed by atoms with Crippen molar-refractivity contribution >= 4 is 29.2 Å². The Kier molecular flexibility index (Phi) is 7.65. The Balaban J connectivity index is 1.79. The van der Waals surface area contributed by atoms with Crippen LogP contribution in [0.3, 0.4) is 0 Å². The molecule has 0 aliphatic heterocycles. The van der Waals surface area contributed by atoms with Crippen molar-refractivity contribution in [2.24, 2.45) is 12.0 Å². The van der Waals surface area contributed by atoms with Crippen LogP contribution in [0.15, 0.2) is 23.5 Å². The van der Waals surface area contributed by atoms with Crippen molar-refractivity contribution in [2.75, 3.05) is 13.1 Å². The lowest BCUT2D eigenvalue weighted by Gasteiger charge is -2.12. The molecule has 6 nitrogen and oxygen atoms in total. The molecule has 0 spiro atoms. The van der Waals surface area contributed by atoms with Crippen molar-refractivity contribution < 1.29 is 0 Å². The molecule has 0 atom stereocenters. The van der Waals surface area contributed by atoms with Gasteiger partial charge in [0.1, 0.15) is 11.0 Å². The maximum Gasteiger partial charge on any atom is 0.191 e. The van der Waals surface area contributed by atoms with E-state index < -0.39 is 0 Å². The van der Waals surface area contributed by atoms with Crippen LogP contribution < -0.4 is 10.6 Å². The molecule has 0 aromatic carbocycles. The van der Waals surface area contributed by atoms with Crippen molar-refractivity contribution in [3.8, 4) is 0 Å². The van der Waals surface area contributed by atoms with Gasteiger partial charge in [0.05, 0.1) is 11.6 Å². The van der Waals surface area contributed by atoms with Crippen molar-refractivity contribution in [3.05, 3.63) is 40.2 Å². The van der Waals surface area contributed by atoms with E-state index in [4.69, 9.17) is 23.2 Å². The molecule has 2 aromatic heterocycles. The minimum atomic E-state index is 0.520. The summed E-state index contributed by atoms with van der Waals surface area (Å²) in [4.78, 5) is 8.84. The number of aliphatic imine (C=N–C) groups is 1. The van der Waals surface area contributed by atoms with Crippen LogP contribution in [0, 0.1) is 6.92 Å². The topological polar surface area (TPSA) is 59.2 Å². The first kappa shape index (κ1) is 19.7. The Morgan fingerprint density at radius 1 is 1.28 bits per heavy atom. The second-order valence-corrected chi connectivity index (χ2v) is 6.60. The van der Waals surface area contributed by atoms with Crippen molar-refractivity contribution in [1.29, 1.82) is 0 Å². The van der Waals surface area contributed by atoms with E-state index in [0.29, 0.717) is 16.7 Å². The second-order valence-electron chi connectivity index (χ2n) is 5.83. The molecule has 2 heterocycles. The zero-order chi connectivity index (χ0) is 18.2. The average Bonchev–Trinajstić information content (AvgIpc) is 3.10. The van der Waals surface area contributed by atoms with Crippen LogP contribution in [0.25, 0.3) is 0 Å². The van der Waals surface area contributed by atoms with Crippen LogP contribution in [-0.2, 0) is 20.1 Å². The highest BCUT2D eigenvalue weighted by Crippen LogP contribution is 2.25. The summed E-state index contributed by atoms with van der Waals surface area (Å²) in [5, 5.41) is 7.72. The van der Waals surface area contributed by atoms with Gasteiger partial charge in [-0.15, -0.1) is 0 Å². The maximum absolute atomic E-state index is 6.09. The van der Waals surface area contributed by atoms with Gasteiger partial charge in [-0.1, -0.05) is 23.2 Å². The van der Waals surface area contributed by atoms with Gasteiger partial charge in [0.25, 0.3) is 0 Å². The summed E-state index contributed by atoms with van der Waals surface area (Å²) in [5.74, 6) is 1.86. The van der Waals surface area contributed by atoms with E-state index in [-0.39, 0.29) is 0 Å². The minimum absolute atomic E-state index is 0.520. The average molecular weight is 385 g/mol. The van der Waals surface area contributed by atoms with Crippen LogP contribution in [0.1, 0.15) is 31.3 Å². The molecule has 138 valence electrons. The normalized spacial score (nSPS) is 11.8. The molecular weight excluding hydrogens is 359 g/mol. The number of hydrogen-bond acceptors (Lipinski definition) is 2. The molecule has 0 unspecified atom stereocenters. The van der Waals surface area contributed by atoms with Gasteiger partial charge in [-0.3, -0.25) is 0 Å². The lowest BCUT2D eigenvalue weighted by atomic mass is 10.3. The van der Waals surface area contributed by atoms with E-state index in [1.807, 2.05) is 37.0 Å². The third-order valence-electron chi connectivity index (χ3n) is 4.00. The van der Waals surface area contributed by atoms with Crippen molar-refractivity contribution in [1.82, 2.24) is 24.8 Å². The summed E-state index contributed by atoms with van der Waals surface area (Å²) in [6.45, 7) is 7.27. The number of unbranched alkanes of at least 4 members (excludes halogenated alkanes) is 1. The molecule has 25 heavy (non-hydrogen) atoms. The molecule has 8 heteroatoms. The highest BCUT2D eigenvalue weighted by molar-refractivity contribution is 6.41. The fourth-order valence-corrected chi connectivity index (χ4v) is 2.91. The number of guanidine groups is 1. The molecule has 0 saturated heterocycles. The van der Waals surface area contributed by atoms with Crippen LogP contribution in [0.2, 0.25) is 10.2 Å². The van der Waals surface area contributed by atoms with Gasteiger partial charge in [0, 0.05) is 44.8 Å². The van der Waals surface area contributed by atoms with Gasteiger partial charge in [-0.05, 0) is 32.8 Å². The number of nitrogens with zero attached hydrogens (tertiary/aromatic N) is 4. The minimum Gasteiger partial charge on any atom is -0.357 e. The third-order valence-corrected chi connectivity index (χ3v) is 4.84. The van der Waals surface area contributed by atoms with Gasteiger partial charge in [-0.2, -0.15) is 0 Å². The summed E-state index contributed by atoms with van der Waals surface area (Å²) >= 11 is 12.1. The van der Waals surface area contributed by atoms with Crippen LogP contribution in [-0.4, -0.2) is 33.2 Å². The molecule has 2 N–H and O–H groups in total. The van der Waals surface area contributed by atoms with Gasteiger partial charge in [0.2, 0.25) is 0 Å². The number of nitrogens with one attached hydrogen (secondary N) is 2. The molecular formula is C17H26Cl2N6. The predicted octanol–water partition coefficient (Wildman–Crippen LogP) is 3.37. The van der Waals surface area contributed by atoms with Crippen LogP contribution in [0.4, 0.5) is 0 Å². The Morgan fingerprint density at radius 3 is 2.68 bits per heavy atom. The first-order chi connectivity index (χ1) is 12.0. The Bertz CT molecular complexity index is 704. The zero-order valence-corrected chi connectivity index (χ0v) is 16.5. The molecule has 0 aliphatic carbocycles. The number of hydrogen-bond donors (Lipinski definition) is 2. The van der Waals surface area contributed by atoms with Crippen LogP contribution >= 0.6 is 23.2 Å². The van der Waals surface area contributed by atoms with E-state index in [2.05, 4.69) is 32.1 Å². The monoisotopic (exact) mass is 384 g/mol. The van der Waals surface area contributed by atoms with E-state index in [1.165, 1.54) is 0 Å². The van der Waals surface area contributed by atoms with Gasteiger partial charge in [0.15, 0.2) is 5.96 Å². The molecule has 0 fully saturated rings. The summed E-state index contributed by atoms with van der Waals surface area (Å²) in [5.41, 5.74) is 0.975. The lowest BCUT2D eigenvalue weighted by molar-refractivity contribution is 0.588. The second kappa shape index (κ2) is 9.73. The van der Waals surface area contributed by atoms with E-state index in [1.54, 1.807) is 0 Å². The van der Waals surface area contributed by atoms with E-state index in [0.717, 1.165) is 50.0 Å². The number of aromatic nitrogens is 3. The lowest BCUT2D eigenvalue weighted by Crippen LogP contribution is -2.37. The molecule has 0 radical (unpaired) electrons. The molecule has 0 amide bonds. The third kappa shape index (κ3) is 5.68. The summed E-state index contributed by atoms with van der Waals surface area (Å²) in [6.07, 6.45) is 6.01. The SMILES string of the molecule is CCNC(=NCc1cc(Cl)c(Cl)n1C)NCCCCn1ccnc1C. The first-order valence-electron chi connectivity index (χ1n) is 8.52. The van der Waals surface area contributed by atoms with Gasteiger partial charge < -0.3 is 19.8 Å². The van der Waals surface area contributed by atoms with E-state index in [9.17, 15) is 0 Å². The summed E-state index contributed by atoms with van der Waals surface area (Å²) in [6, 6.07) is 1.85. The number of imidazole rings is 1. The predicted molar refractivity (Wildman–Crippen MR) is 104 cm³/mol. The Morgan fingerprint density at radius 2 is 2.08 bits per heavy atom.